The largest absolute Gasteiger partial charge is 0.481 e. The Morgan fingerprint density at radius 3 is 2.42 bits per heavy atom. The van der Waals surface area contributed by atoms with Gasteiger partial charge in [-0.05, 0) is 11.3 Å². The van der Waals surface area contributed by atoms with Crippen LogP contribution in [0.15, 0.2) is 0 Å². The molecule has 0 aromatic rings. The number of aliphatic carboxylic acids is 1. The minimum absolute atomic E-state index is 0.0786. The van der Waals surface area contributed by atoms with Gasteiger partial charge in [-0.1, -0.05) is 13.8 Å². The van der Waals surface area contributed by atoms with Crippen LogP contribution in [0.4, 0.5) is 0 Å². The zero-order valence-corrected chi connectivity index (χ0v) is 7.20. The van der Waals surface area contributed by atoms with Gasteiger partial charge in [-0.25, -0.2) is 0 Å². The van der Waals surface area contributed by atoms with Crippen LogP contribution in [0.3, 0.4) is 0 Å². The lowest BCUT2D eigenvalue weighted by Crippen LogP contribution is -2.19. The second-order valence-corrected chi connectivity index (χ2v) is 4.55. The molecule has 0 aliphatic heterocycles. The van der Waals surface area contributed by atoms with Crippen molar-refractivity contribution in [3.8, 4) is 0 Å². The summed E-state index contributed by atoms with van der Waals surface area (Å²) in [6, 6.07) is 0. The van der Waals surface area contributed by atoms with E-state index in [-0.39, 0.29) is 29.0 Å². The second kappa shape index (κ2) is 1.90. The van der Waals surface area contributed by atoms with Gasteiger partial charge in [0.05, 0.1) is 5.92 Å². The molecular weight excluding hydrogens is 156 g/mol. The SMILES string of the molecule is CC1(C)CC(=O)[C@@H]2[C@@H](C(=O)O)[C@@H]21. The van der Waals surface area contributed by atoms with Crippen LogP contribution >= 0.6 is 0 Å². The van der Waals surface area contributed by atoms with Crippen molar-refractivity contribution in [1.29, 1.82) is 0 Å². The van der Waals surface area contributed by atoms with Gasteiger partial charge >= 0.3 is 5.97 Å². The maximum Gasteiger partial charge on any atom is 0.307 e. The van der Waals surface area contributed by atoms with Crippen molar-refractivity contribution in [2.75, 3.05) is 0 Å². The Bertz CT molecular complexity index is 263. The summed E-state index contributed by atoms with van der Waals surface area (Å²) in [6.07, 6.45) is 0.562. The van der Waals surface area contributed by atoms with Gasteiger partial charge in [-0.15, -0.1) is 0 Å². The number of ketones is 1. The van der Waals surface area contributed by atoms with E-state index >= 15 is 0 Å². The maximum atomic E-state index is 11.3. The standard InChI is InChI=1S/C9H12O3/c1-9(2)3-4(10)5-6(7(5)9)8(11)12/h5-7H,3H2,1-2H3,(H,11,12)/t5-,6-,7-/m1/s1. The molecule has 0 bridgehead atoms. The molecule has 0 spiro atoms. The van der Waals surface area contributed by atoms with E-state index in [9.17, 15) is 9.59 Å². The maximum absolute atomic E-state index is 11.3. The molecular formula is C9H12O3. The van der Waals surface area contributed by atoms with Crippen molar-refractivity contribution in [2.24, 2.45) is 23.2 Å². The first kappa shape index (κ1) is 7.77. The van der Waals surface area contributed by atoms with E-state index < -0.39 is 5.97 Å². The molecule has 2 fully saturated rings. The van der Waals surface area contributed by atoms with Crippen molar-refractivity contribution >= 4 is 11.8 Å². The average Bonchev–Trinajstić information content (AvgIpc) is 2.52. The highest BCUT2D eigenvalue weighted by atomic mass is 16.4. The summed E-state index contributed by atoms with van der Waals surface area (Å²) in [6.45, 7) is 3.97. The summed E-state index contributed by atoms with van der Waals surface area (Å²) in [5.74, 6) is -1.07. The fourth-order valence-corrected chi connectivity index (χ4v) is 2.68. The minimum Gasteiger partial charge on any atom is -0.481 e. The van der Waals surface area contributed by atoms with Gasteiger partial charge in [-0.3, -0.25) is 9.59 Å². The average molecular weight is 168 g/mol. The molecule has 1 N–H and O–H groups in total. The second-order valence-electron chi connectivity index (χ2n) is 4.55. The monoisotopic (exact) mass is 168 g/mol. The van der Waals surface area contributed by atoms with Crippen LogP contribution in [0.1, 0.15) is 20.3 Å². The molecule has 3 heteroatoms. The lowest BCUT2D eigenvalue weighted by atomic mass is 9.85. The molecule has 2 aliphatic rings. The Labute approximate surface area is 70.8 Å². The van der Waals surface area contributed by atoms with Crippen molar-refractivity contribution in [3.05, 3.63) is 0 Å². The van der Waals surface area contributed by atoms with E-state index in [0.29, 0.717) is 6.42 Å². The summed E-state index contributed by atoms with van der Waals surface area (Å²) in [7, 11) is 0. The topological polar surface area (TPSA) is 54.4 Å². The van der Waals surface area contributed by atoms with Crippen LogP contribution in [-0.4, -0.2) is 16.9 Å². The van der Waals surface area contributed by atoms with Crippen LogP contribution in [0.25, 0.3) is 0 Å². The first-order valence-corrected chi connectivity index (χ1v) is 4.20. The number of carboxylic acids is 1. The van der Waals surface area contributed by atoms with E-state index in [1.165, 1.54) is 0 Å². The minimum atomic E-state index is -0.800. The Morgan fingerprint density at radius 2 is 2.17 bits per heavy atom. The number of rotatable bonds is 1. The van der Waals surface area contributed by atoms with Crippen molar-refractivity contribution in [2.45, 2.75) is 20.3 Å². The molecule has 0 saturated heterocycles. The summed E-state index contributed by atoms with van der Waals surface area (Å²) in [4.78, 5) is 21.9. The molecule has 0 unspecified atom stereocenters. The highest BCUT2D eigenvalue weighted by molar-refractivity contribution is 5.95. The van der Waals surface area contributed by atoms with Crippen molar-refractivity contribution in [3.63, 3.8) is 0 Å². The molecule has 66 valence electrons. The predicted molar refractivity (Wildman–Crippen MR) is 41.5 cm³/mol. The number of carbonyl (C=O) groups is 2. The van der Waals surface area contributed by atoms with Crippen molar-refractivity contribution < 1.29 is 14.7 Å². The number of hydrogen-bond acceptors (Lipinski definition) is 2. The molecule has 2 saturated carbocycles. The number of Topliss-reactive ketones (excluding diaryl/α,β-unsaturated/α-hetero) is 1. The smallest absolute Gasteiger partial charge is 0.307 e. The Hall–Kier alpha value is -0.860. The van der Waals surface area contributed by atoms with E-state index in [2.05, 4.69) is 0 Å². The zero-order chi connectivity index (χ0) is 9.09. The summed E-state index contributed by atoms with van der Waals surface area (Å²) in [5.41, 5.74) is -0.0786. The van der Waals surface area contributed by atoms with Crippen LogP contribution in [-0.2, 0) is 9.59 Å². The third-order valence-electron chi connectivity index (χ3n) is 3.21. The van der Waals surface area contributed by atoms with Gasteiger partial charge in [0.25, 0.3) is 0 Å². The fourth-order valence-electron chi connectivity index (χ4n) is 2.68. The number of fused-ring (bicyclic) bond motifs is 1. The van der Waals surface area contributed by atoms with Crippen LogP contribution in [0, 0.1) is 23.2 Å². The van der Waals surface area contributed by atoms with Crippen LogP contribution in [0.2, 0.25) is 0 Å². The van der Waals surface area contributed by atoms with Crippen LogP contribution in [0.5, 0.6) is 0 Å². The highest BCUT2D eigenvalue weighted by Crippen LogP contribution is 2.64. The third-order valence-corrected chi connectivity index (χ3v) is 3.21. The lowest BCUT2D eigenvalue weighted by molar-refractivity contribution is -0.141. The first-order chi connectivity index (χ1) is 5.45. The van der Waals surface area contributed by atoms with Gasteiger partial charge in [0.1, 0.15) is 5.78 Å². The normalized spacial score (nSPS) is 42.5. The molecule has 0 aromatic heterocycles. The summed E-state index contributed by atoms with van der Waals surface area (Å²) < 4.78 is 0. The van der Waals surface area contributed by atoms with Gasteiger partial charge in [0.2, 0.25) is 0 Å². The Kier molecular flexibility index (Phi) is 1.23. The lowest BCUT2D eigenvalue weighted by Gasteiger charge is -2.19. The number of carboxylic acid groups (broad SMARTS) is 1. The molecule has 0 aromatic carbocycles. The van der Waals surface area contributed by atoms with Gasteiger partial charge in [0.15, 0.2) is 0 Å². The molecule has 0 heterocycles. The molecule has 2 aliphatic carbocycles. The third kappa shape index (κ3) is 0.765. The van der Waals surface area contributed by atoms with E-state index in [4.69, 9.17) is 5.11 Å². The molecule has 3 nitrogen and oxygen atoms in total. The molecule has 12 heavy (non-hydrogen) atoms. The number of carbonyl (C=O) groups excluding carboxylic acids is 1. The highest BCUT2D eigenvalue weighted by Gasteiger charge is 2.69. The molecule has 3 atom stereocenters. The summed E-state index contributed by atoms with van der Waals surface area (Å²) in [5, 5.41) is 8.76. The summed E-state index contributed by atoms with van der Waals surface area (Å²) >= 11 is 0. The molecule has 0 amide bonds. The quantitative estimate of drug-likeness (QED) is 0.633. The Balaban J connectivity index is 2.24. The van der Waals surface area contributed by atoms with Gasteiger partial charge in [-0.2, -0.15) is 0 Å². The van der Waals surface area contributed by atoms with E-state index in [0.717, 1.165) is 0 Å². The van der Waals surface area contributed by atoms with E-state index in [1.54, 1.807) is 0 Å². The Morgan fingerprint density at radius 1 is 1.58 bits per heavy atom. The zero-order valence-electron chi connectivity index (χ0n) is 7.20. The van der Waals surface area contributed by atoms with Gasteiger partial charge in [0, 0.05) is 12.3 Å². The van der Waals surface area contributed by atoms with Crippen molar-refractivity contribution in [1.82, 2.24) is 0 Å². The number of hydrogen-bond donors (Lipinski definition) is 1. The van der Waals surface area contributed by atoms with Crippen LogP contribution < -0.4 is 0 Å². The predicted octanol–water partition coefficient (Wildman–Crippen LogP) is 0.932. The van der Waals surface area contributed by atoms with Gasteiger partial charge < -0.3 is 5.11 Å². The first-order valence-electron chi connectivity index (χ1n) is 4.20. The van der Waals surface area contributed by atoms with E-state index in [1.807, 2.05) is 13.8 Å². The molecule has 2 rings (SSSR count). The fraction of sp³-hybridized carbons (Fsp3) is 0.778. The molecule has 0 radical (unpaired) electrons.